The lowest BCUT2D eigenvalue weighted by molar-refractivity contribution is 0.145. The predicted molar refractivity (Wildman–Crippen MR) is 96.5 cm³/mol. The molecule has 1 aliphatic rings. The van der Waals surface area contributed by atoms with Crippen molar-refractivity contribution in [3.05, 3.63) is 47.3 Å². The van der Waals surface area contributed by atoms with Crippen LogP contribution in [0.3, 0.4) is 0 Å². The number of amides is 2. The Morgan fingerprint density at radius 1 is 1.35 bits per heavy atom. The van der Waals surface area contributed by atoms with Gasteiger partial charge in [0.1, 0.15) is 0 Å². The number of urea groups is 1. The summed E-state index contributed by atoms with van der Waals surface area (Å²) in [5.41, 5.74) is 2.09. The first-order valence-electron chi connectivity index (χ1n) is 8.86. The fourth-order valence-corrected chi connectivity index (χ4v) is 3.46. The number of halogens is 2. The fourth-order valence-electron chi connectivity index (χ4n) is 3.46. The highest BCUT2D eigenvalue weighted by atomic mass is 19.3. The Morgan fingerprint density at radius 3 is 2.73 bits per heavy atom. The molecule has 2 atom stereocenters. The quantitative estimate of drug-likeness (QED) is 0.832. The Labute approximate surface area is 151 Å². The van der Waals surface area contributed by atoms with Crippen LogP contribution in [0.1, 0.15) is 49.9 Å². The first kappa shape index (κ1) is 18.4. The average Bonchev–Trinajstić information content (AvgIpc) is 3.09. The molecule has 0 aliphatic heterocycles. The second-order valence-electron chi connectivity index (χ2n) is 7.24. The summed E-state index contributed by atoms with van der Waals surface area (Å²) in [6.07, 6.45) is -0.541. The van der Waals surface area contributed by atoms with Gasteiger partial charge < -0.3 is 10.6 Å². The monoisotopic (exact) mass is 362 g/mol. The number of carbonyl (C=O) groups is 1. The number of hydrogen-bond acceptors (Lipinski definition) is 2. The van der Waals surface area contributed by atoms with Crippen molar-refractivity contribution in [2.45, 2.75) is 52.1 Å². The molecule has 0 radical (unpaired) electrons. The van der Waals surface area contributed by atoms with E-state index in [0.29, 0.717) is 6.54 Å². The SMILES string of the molecule is CC(C)Cn1cc(NC(=O)N[C@@H]2Cc3ccccc3[C@@H]2C)c(C(F)F)n1. The second kappa shape index (κ2) is 7.43. The van der Waals surface area contributed by atoms with Crippen molar-refractivity contribution >= 4 is 11.7 Å². The minimum absolute atomic E-state index is 0.0568. The van der Waals surface area contributed by atoms with Crippen LogP contribution < -0.4 is 10.6 Å². The third kappa shape index (κ3) is 3.86. The van der Waals surface area contributed by atoms with E-state index in [-0.39, 0.29) is 23.6 Å². The molecule has 0 bridgehead atoms. The Balaban J connectivity index is 1.68. The van der Waals surface area contributed by atoms with E-state index in [4.69, 9.17) is 0 Å². The summed E-state index contributed by atoms with van der Waals surface area (Å²) in [4.78, 5) is 12.4. The summed E-state index contributed by atoms with van der Waals surface area (Å²) >= 11 is 0. The first-order valence-corrected chi connectivity index (χ1v) is 8.86. The average molecular weight is 362 g/mol. The van der Waals surface area contributed by atoms with Crippen LogP contribution in [0, 0.1) is 5.92 Å². The number of hydrogen-bond donors (Lipinski definition) is 2. The molecule has 0 spiro atoms. The largest absolute Gasteiger partial charge is 0.334 e. The van der Waals surface area contributed by atoms with Crippen LogP contribution in [0.15, 0.2) is 30.5 Å². The Hall–Kier alpha value is -2.44. The van der Waals surface area contributed by atoms with Gasteiger partial charge in [0.25, 0.3) is 6.43 Å². The summed E-state index contributed by atoms with van der Waals surface area (Å²) in [7, 11) is 0. The van der Waals surface area contributed by atoms with E-state index >= 15 is 0 Å². The predicted octanol–water partition coefficient (Wildman–Crippen LogP) is 4.33. The van der Waals surface area contributed by atoms with E-state index in [9.17, 15) is 13.6 Å². The highest BCUT2D eigenvalue weighted by Gasteiger charge is 2.30. The maximum atomic E-state index is 13.2. The summed E-state index contributed by atoms with van der Waals surface area (Å²) in [5.74, 6) is 0.440. The van der Waals surface area contributed by atoms with Crippen LogP contribution in [0.2, 0.25) is 0 Å². The second-order valence-corrected chi connectivity index (χ2v) is 7.24. The molecule has 2 aromatic rings. The molecule has 2 amide bonds. The van der Waals surface area contributed by atoms with Gasteiger partial charge in [0, 0.05) is 24.7 Å². The molecular weight excluding hydrogens is 338 g/mol. The number of anilines is 1. The van der Waals surface area contributed by atoms with Crippen molar-refractivity contribution in [2.75, 3.05) is 5.32 Å². The number of nitrogens with one attached hydrogen (secondary N) is 2. The van der Waals surface area contributed by atoms with Crippen LogP contribution in [0.5, 0.6) is 0 Å². The van der Waals surface area contributed by atoms with Gasteiger partial charge in [-0.2, -0.15) is 5.10 Å². The molecule has 1 heterocycles. The molecule has 0 unspecified atom stereocenters. The summed E-state index contributed by atoms with van der Waals surface area (Å²) < 4.78 is 27.9. The summed E-state index contributed by atoms with van der Waals surface area (Å²) in [5, 5.41) is 9.36. The van der Waals surface area contributed by atoms with Crippen molar-refractivity contribution in [1.82, 2.24) is 15.1 Å². The molecule has 140 valence electrons. The summed E-state index contributed by atoms with van der Waals surface area (Å²) in [6.45, 7) is 6.52. The molecule has 5 nitrogen and oxygen atoms in total. The lowest BCUT2D eigenvalue weighted by Crippen LogP contribution is -2.39. The summed E-state index contributed by atoms with van der Waals surface area (Å²) in [6, 6.07) is 7.52. The molecule has 1 aliphatic carbocycles. The highest BCUT2D eigenvalue weighted by Crippen LogP contribution is 2.33. The Morgan fingerprint density at radius 2 is 2.08 bits per heavy atom. The molecule has 1 aromatic carbocycles. The van der Waals surface area contributed by atoms with Gasteiger partial charge in [0.15, 0.2) is 5.69 Å². The maximum absolute atomic E-state index is 13.2. The number of aromatic nitrogens is 2. The van der Waals surface area contributed by atoms with Crippen molar-refractivity contribution in [3.8, 4) is 0 Å². The van der Waals surface area contributed by atoms with Crippen molar-refractivity contribution in [2.24, 2.45) is 5.92 Å². The van der Waals surface area contributed by atoms with Gasteiger partial charge >= 0.3 is 6.03 Å². The molecule has 0 saturated heterocycles. The van der Waals surface area contributed by atoms with Gasteiger partial charge in [-0.25, -0.2) is 13.6 Å². The lowest BCUT2D eigenvalue weighted by atomic mass is 10.0. The minimum atomic E-state index is -2.74. The van der Waals surface area contributed by atoms with Crippen LogP contribution in [-0.2, 0) is 13.0 Å². The minimum Gasteiger partial charge on any atom is -0.334 e. The molecule has 7 heteroatoms. The number of fused-ring (bicyclic) bond motifs is 1. The van der Waals surface area contributed by atoms with Crippen LogP contribution >= 0.6 is 0 Å². The first-order chi connectivity index (χ1) is 12.3. The molecule has 2 N–H and O–H groups in total. The van der Waals surface area contributed by atoms with Gasteiger partial charge in [0.2, 0.25) is 0 Å². The van der Waals surface area contributed by atoms with Crippen LogP contribution in [0.4, 0.5) is 19.3 Å². The van der Waals surface area contributed by atoms with E-state index in [1.807, 2.05) is 26.0 Å². The molecule has 0 saturated carbocycles. The van der Waals surface area contributed by atoms with E-state index in [1.165, 1.54) is 22.0 Å². The zero-order valence-electron chi connectivity index (χ0n) is 15.2. The third-order valence-electron chi connectivity index (χ3n) is 4.70. The standard InChI is InChI=1S/C19H24F2N4O/c1-11(2)9-25-10-16(17(24-25)18(20)21)23-19(26)22-15-8-13-6-4-5-7-14(13)12(15)3/h4-7,10-12,15,18H,8-9H2,1-3H3,(H2,22,23,26)/t12-,15+/m0/s1. The topological polar surface area (TPSA) is 59.0 Å². The number of rotatable bonds is 5. The number of nitrogens with zero attached hydrogens (tertiary/aromatic N) is 2. The number of alkyl halides is 2. The van der Waals surface area contributed by atoms with Gasteiger partial charge in [-0.3, -0.25) is 4.68 Å². The zero-order valence-corrected chi connectivity index (χ0v) is 15.2. The van der Waals surface area contributed by atoms with Gasteiger partial charge in [-0.1, -0.05) is 45.0 Å². The lowest BCUT2D eigenvalue weighted by Gasteiger charge is -2.18. The van der Waals surface area contributed by atoms with E-state index in [1.54, 1.807) is 0 Å². The zero-order chi connectivity index (χ0) is 18.8. The number of benzene rings is 1. The third-order valence-corrected chi connectivity index (χ3v) is 4.70. The van der Waals surface area contributed by atoms with Gasteiger partial charge in [0.05, 0.1) is 5.69 Å². The van der Waals surface area contributed by atoms with Crippen LogP contribution in [-0.4, -0.2) is 21.9 Å². The smallest absolute Gasteiger partial charge is 0.319 e. The maximum Gasteiger partial charge on any atom is 0.319 e. The normalized spacial score (nSPS) is 19.0. The molecule has 1 aromatic heterocycles. The molecular formula is C19H24F2N4O. The van der Waals surface area contributed by atoms with Crippen molar-refractivity contribution < 1.29 is 13.6 Å². The van der Waals surface area contributed by atoms with E-state index in [0.717, 1.165) is 6.42 Å². The van der Waals surface area contributed by atoms with E-state index in [2.05, 4.69) is 34.8 Å². The van der Waals surface area contributed by atoms with Crippen molar-refractivity contribution in [3.63, 3.8) is 0 Å². The van der Waals surface area contributed by atoms with E-state index < -0.39 is 18.2 Å². The van der Waals surface area contributed by atoms with Gasteiger partial charge in [-0.15, -0.1) is 0 Å². The fraction of sp³-hybridized carbons (Fsp3) is 0.474. The van der Waals surface area contributed by atoms with Crippen molar-refractivity contribution in [1.29, 1.82) is 0 Å². The highest BCUT2D eigenvalue weighted by molar-refractivity contribution is 5.90. The van der Waals surface area contributed by atoms with Gasteiger partial charge in [-0.05, 0) is 23.5 Å². The van der Waals surface area contributed by atoms with Crippen LogP contribution in [0.25, 0.3) is 0 Å². The Bertz CT molecular complexity index is 788. The molecule has 3 rings (SSSR count). The molecule has 0 fully saturated rings. The number of carbonyl (C=O) groups excluding carboxylic acids is 1. The molecule has 26 heavy (non-hydrogen) atoms. The Kier molecular flexibility index (Phi) is 5.25.